The summed E-state index contributed by atoms with van der Waals surface area (Å²) < 4.78 is -0.743. The molecule has 2 saturated heterocycles. The number of hydrogen-bond acceptors (Lipinski definition) is 4. The zero-order valence-electron chi connectivity index (χ0n) is 15.7. The third kappa shape index (κ3) is 9.47. The summed E-state index contributed by atoms with van der Waals surface area (Å²) in [5.74, 6) is 0. The molecule has 8 heteroatoms. The van der Waals surface area contributed by atoms with E-state index in [1.165, 1.54) is 32.4 Å². The van der Waals surface area contributed by atoms with Crippen molar-refractivity contribution in [1.82, 2.24) is 19.6 Å². The van der Waals surface area contributed by atoms with E-state index in [0.717, 1.165) is 58.8 Å². The van der Waals surface area contributed by atoms with Crippen molar-refractivity contribution in [1.29, 1.82) is 0 Å². The van der Waals surface area contributed by atoms with Crippen LogP contribution < -0.4 is 0 Å². The Morgan fingerprint density at radius 3 is 2.24 bits per heavy atom. The minimum absolute atomic E-state index is 0. The van der Waals surface area contributed by atoms with Gasteiger partial charge in [0.1, 0.15) is 0 Å². The monoisotopic (exact) mass is 474 g/mol. The summed E-state index contributed by atoms with van der Waals surface area (Å²) in [7, 11) is 2.20. The molecule has 0 N–H and O–H groups in total. The maximum Gasteiger partial charge on any atom is 2.00 e. The Morgan fingerprint density at radius 1 is 0.840 bits per heavy atom. The van der Waals surface area contributed by atoms with E-state index in [9.17, 15) is 0 Å². The molecule has 2 heterocycles. The number of likely N-dealkylation sites (N-methyl/N-ethyl adjacent to an activating group) is 1. The zero-order valence-corrected chi connectivity index (χ0v) is 19.6. The van der Waals surface area contributed by atoms with Gasteiger partial charge in [0.05, 0.1) is 0 Å². The molecule has 2 bridgehead atoms. The fourth-order valence-electron chi connectivity index (χ4n) is 3.45. The van der Waals surface area contributed by atoms with Crippen molar-refractivity contribution in [2.24, 2.45) is 0 Å². The van der Waals surface area contributed by atoms with E-state index in [1.54, 1.807) is 0 Å². The molecule has 0 spiro atoms. The first kappa shape index (κ1) is 26.5. The topological polar surface area (TPSA) is 13.0 Å². The minimum Gasteiger partial charge on any atom is -0.305 e. The molecular weight excluding hydrogens is 441 g/mol. The van der Waals surface area contributed by atoms with Gasteiger partial charge in [-0.2, -0.15) is 0 Å². The van der Waals surface area contributed by atoms with Gasteiger partial charge in [0.15, 0.2) is 4.46 Å². The summed E-state index contributed by atoms with van der Waals surface area (Å²) in [5, 5.41) is 0. The van der Waals surface area contributed by atoms with Crippen LogP contribution in [-0.2, 0) is 34.1 Å². The molecule has 0 saturated carbocycles. The molecule has 4 nitrogen and oxygen atoms in total. The molecule has 0 aromatic rings. The Balaban J connectivity index is 0.00000288. The van der Waals surface area contributed by atoms with E-state index < -0.39 is 4.46 Å². The van der Waals surface area contributed by atoms with Crippen molar-refractivity contribution in [3.05, 3.63) is 0 Å². The van der Waals surface area contributed by atoms with Crippen LogP contribution in [0.1, 0.15) is 32.6 Å². The normalized spacial score (nSPS) is 29.3. The van der Waals surface area contributed by atoms with E-state index in [4.69, 9.17) is 23.2 Å². The van der Waals surface area contributed by atoms with E-state index in [-0.39, 0.29) is 34.1 Å². The van der Waals surface area contributed by atoms with Gasteiger partial charge in [-0.25, -0.2) is 0 Å². The van der Waals surface area contributed by atoms with Crippen molar-refractivity contribution in [2.75, 3.05) is 72.5 Å². The van der Waals surface area contributed by atoms with Gasteiger partial charge < -0.3 is 14.7 Å². The second-order valence-corrected chi connectivity index (χ2v) is 8.54. The molecule has 2 radical (unpaired) electrons. The second-order valence-electron chi connectivity index (χ2n) is 7.10. The van der Waals surface area contributed by atoms with Gasteiger partial charge in [0.25, 0.3) is 0 Å². The van der Waals surface area contributed by atoms with Gasteiger partial charge >= 0.3 is 34.1 Å². The van der Waals surface area contributed by atoms with Crippen LogP contribution >= 0.6 is 23.2 Å². The fraction of sp³-hybridized carbons (Fsp3) is 1.00. The van der Waals surface area contributed by atoms with Gasteiger partial charge in [-0.05, 0) is 39.5 Å². The quantitative estimate of drug-likeness (QED) is 0.354. The Morgan fingerprint density at radius 2 is 1.52 bits per heavy atom. The summed E-state index contributed by atoms with van der Waals surface area (Å²) >= 11 is 13.5. The Hall–Kier alpha value is 1.46. The summed E-state index contributed by atoms with van der Waals surface area (Å²) in [4.78, 5) is 9.84. The predicted molar refractivity (Wildman–Crippen MR) is 101 cm³/mol. The largest absolute Gasteiger partial charge is 2.00 e. The SMILES string of the molecule is CCCCN1CCN2CCCN(C)CCN(CC2)C(Cl)(Cl)CC1.[Mn+2].[Mn+2]. The van der Waals surface area contributed by atoms with Crippen molar-refractivity contribution in [3.63, 3.8) is 0 Å². The maximum atomic E-state index is 6.76. The van der Waals surface area contributed by atoms with Crippen molar-refractivity contribution >= 4 is 23.2 Å². The van der Waals surface area contributed by atoms with Crippen LogP contribution in [0.2, 0.25) is 0 Å². The molecule has 2 aliphatic heterocycles. The first-order valence-corrected chi connectivity index (χ1v) is 10.0. The van der Waals surface area contributed by atoms with Crippen LogP contribution in [-0.4, -0.2) is 96.6 Å². The summed E-state index contributed by atoms with van der Waals surface area (Å²) in [6, 6.07) is 0. The Labute approximate surface area is 185 Å². The van der Waals surface area contributed by atoms with Gasteiger partial charge in [0.2, 0.25) is 0 Å². The molecule has 0 aromatic heterocycles. The maximum absolute atomic E-state index is 6.76. The second kappa shape index (κ2) is 13.6. The van der Waals surface area contributed by atoms with E-state index >= 15 is 0 Å². The molecular formula is C17H34Cl2Mn2N4+4. The Bertz CT molecular complexity index is 351. The third-order valence-corrected chi connectivity index (χ3v) is 6.06. The van der Waals surface area contributed by atoms with Crippen molar-refractivity contribution in [3.8, 4) is 0 Å². The number of fused-ring (bicyclic) bond motifs is 3. The average molecular weight is 475 g/mol. The molecule has 2 unspecified atom stereocenters. The first-order chi connectivity index (χ1) is 11.0. The van der Waals surface area contributed by atoms with Crippen LogP contribution in [0.25, 0.3) is 0 Å². The number of hydrogen-bond donors (Lipinski definition) is 0. The summed E-state index contributed by atoms with van der Waals surface area (Å²) in [6.07, 6.45) is 4.57. The molecule has 146 valence electrons. The van der Waals surface area contributed by atoms with Crippen LogP contribution in [0.3, 0.4) is 0 Å². The average Bonchev–Trinajstić information content (AvgIpc) is 2.52. The smallest absolute Gasteiger partial charge is 0.305 e. The molecule has 2 aliphatic rings. The van der Waals surface area contributed by atoms with Gasteiger partial charge in [-0.1, -0.05) is 36.5 Å². The molecule has 2 atom stereocenters. The fourth-order valence-corrected chi connectivity index (χ4v) is 3.96. The number of halogens is 2. The molecule has 25 heavy (non-hydrogen) atoms. The van der Waals surface area contributed by atoms with Gasteiger partial charge in [0, 0.05) is 52.2 Å². The molecule has 2 rings (SSSR count). The number of nitrogens with zero attached hydrogens (tertiary/aromatic N) is 4. The number of rotatable bonds is 3. The summed E-state index contributed by atoms with van der Waals surface area (Å²) in [6.45, 7) is 13.1. The summed E-state index contributed by atoms with van der Waals surface area (Å²) in [5.41, 5.74) is 0. The van der Waals surface area contributed by atoms with Crippen LogP contribution in [0.4, 0.5) is 0 Å². The third-order valence-electron chi connectivity index (χ3n) is 5.20. The number of unbranched alkanes of at least 4 members (excludes halogenated alkanes) is 1. The number of alkyl halides is 2. The van der Waals surface area contributed by atoms with E-state index in [0.29, 0.717) is 0 Å². The Kier molecular flexibility index (Phi) is 14.4. The minimum atomic E-state index is -0.743. The molecule has 0 aliphatic carbocycles. The van der Waals surface area contributed by atoms with E-state index in [2.05, 4.69) is 33.6 Å². The van der Waals surface area contributed by atoms with Crippen LogP contribution in [0.15, 0.2) is 0 Å². The molecule has 0 amide bonds. The van der Waals surface area contributed by atoms with Crippen LogP contribution in [0.5, 0.6) is 0 Å². The predicted octanol–water partition coefficient (Wildman–Crippen LogP) is 2.56. The van der Waals surface area contributed by atoms with Crippen LogP contribution in [0, 0.1) is 0 Å². The molecule has 2 fully saturated rings. The van der Waals surface area contributed by atoms with Crippen molar-refractivity contribution in [2.45, 2.75) is 37.1 Å². The molecule has 0 aromatic carbocycles. The van der Waals surface area contributed by atoms with Gasteiger partial charge in [-0.3, -0.25) is 4.90 Å². The van der Waals surface area contributed by atoms with Gasteiger partial charge in [-0.15, -0.1) is 0 Å². The van der Waals surface area contributed by atoms with Crippen molar-refractivity contribution < 1.29 is 34.1 Å². The first-order valence-electron chi connectivity index (χ1n) is 9.27. The standard InChI is InChI=1S/C17H34Cl2N4.2Mn/c1-3-4-8-21-10-6-17(18,19)23-15-11-20(2)7-5-9-22(13-12-21)14-16-23;;/h3-16H2,1-2H3;;/q;2*+2. The van der Waals surface area contributed by atoms with E-state index in [1.807, 2.05) is 0 Å². The zero-order chi connectivity index (χ0) is 16.7.